The Bertz CT molecular complexity index is 596. The number of nitrogens with zero attached hydrogens (tertiary/aromatic N) is 2. The van der Waals surface area contributed by atoms with Crippen molar-refractivity contribution in [3.05, 3.63) is 55.1 Å². The molecule has 1 radical (unpaired) electrons. The Morgan fingerprint density at radius 2 is 1.53 bits per heavy atom. The van der Waals surface area contributed by atoms with Gasteiger partial charge in [-0.1, -0.05) is 101 Å². The SMILES string of the molecule is C.C.C.C.C.CC.CNCc1cc(OCc2ccccc2)n(CC2CCCCC2)n1.[CH3-].[Y]. The Morgan fingerprint density at radius 1 is 0.969 bits per heavy atom. The van der Waals surface area contributed by atoms with E-state index in [0.717, 1.165) is 30.6 Å². The van der Waals surface area contributed by atoms with Gasteiger partial charge in [0, 0.05) is 51.9 Å². The minimum absolute atomic E-state index is 0. The second-order valence-electron chi connectivity index (χ2n) is 6.46. The molecule has 0 aliphatic heterocycles. The summed E-state index contributed by atoms with van der Waals surface area (Å²) in [6, 6.07) is 12.4. The van der Waals surface area contributed by atoms with Crippen molar-refractivity contribution in [3.8, 4) is 5.88 Å². The van der Waals surface area contributed by atoms with Gasteiger partial charge in [0.05, 0.1) is 5.69 Å². The van der Waals surface area contributed by atoms with Gasteiger partial charge in [0.2, 0.25) is 5.88 Å². The van der Waals surface area contributed by atoms with E-state index in [0.29, 0.717) is 6.61 Å². The molecule has 1 heterocycles. The third kappa shape index (κ3) is 15.2. The first-order chi connectivity index (χ1) is 12.3. The largest absolute Gasteiger partial charge is 0.473 e. The molecule has 2 aromatic rings. The minimum Gasteiger partial charge on any atom is -0.473 e. The van der Waals surface area contributed by atoms with Crippen molar-refractivity contribution < 1.29 is 37.4 Å². The maximum atomic E-state index is 6.06. The van der Waals surface area contributed by atoms with E-state index < -0.39 is 0 Å². The van der Waals surface area contributed by atoms with Crippen molar-refractivity contribution in [1.82, 2.24) is 15.1 Å². The van der Waals surface area contributed by atoms with Gasteiger partial charge in [-0.25, -0.2) is 4.68 Å². The molecule has 3 rings (SSSR count). The van der Waals surface area contributed by atoms with Gasteiger partial charge < -0.3 is 17.5 Å². The molecule has 0 bridgehead atoms. The molecule has 5 heteroatoms. The van der Waals surface area contributed by atoms with Crippen LogP contribution in [0.4, 0.5) is 0 Å². The fourth-order valence-electron chi connectivity index (χ4n) is 3.31. The summed E-state index contributed by atoms with van der Waals surface area (Å²) in [7, 11) is 1.95. The molecule has 0 atom stereocenters. The first-order valence-corrected chi connectivity index (χ1v) is 9.73. The number of benzene rings is 1. The van der Waals surface area contributed by atoms with E-state index in [1.807, 2.05) is 39.1 Å². The minimum atomic E-state index is 0. The molecule has 32 heavy (non-hydrogen) atoms. The Balaban J connectivity index is -0.000000183. The number of hydrogen-bond acceptors (Lipinski definition) is 3. The maximum absolute atomic E-state index is 6.06. The van der Waals surface area contributed by atoms with Crippen molar-refractivity contribution >= 4 is 0 Å². The molecular formula is C27H56N3OY-. The molecule has 1 fully saturated rings. The number of aromatic nitrogens is 2. The molecule has 1 saturated carbocycles. The van der Waals surface area contributed by atoms with Gasteiger partial charge in [-0.15, -0.1) is 0 Å². The van der Waals surface area contributed by atoms with Crippen LogP contribution in [0, 0.1) is 13.3 Å². The third-order valence-corrected chi connectivity index (χ3v) is 4.54. The number of ether oxygens (including phenoxy) is 1. The Kier molecular flexibility index (Phi) is 37.2. The van der Waals surface area contributed by atoms with Gasteiger partial charge in [0.25, 0.3) is 0 Å². The fraction of sp³-hybridized carbons (Fsp3) is 0.630. The van der Waals surface area contributed by atoms with Crippen LogP contribution < -0.4 is 10.1 Å². The standard InChI is InChI=1S/C19H27N3O.C2H6.5CH4.CH3.Y/c1-20-13-18-12-19(23-15-17-10-6-3-7-11-17)22(21-18)14-16-8-4-2-5-9-16;1-2;;;;;;;/h3,6-7,10-12,16,20H,2,4-5,8-9,13-15H2,1H3;1-2H3;5*1H4;1H3;/q;;;;;;;-1;. The van der Waals surface area contributed by atoms with E-state index in [1.165, 1.54) is 37.7 Å². The molecule has 1 aromatic carbocycles. The zero-order valence-electron chi connectivity index (χ0n) is 17.6. The smallest absolute Gasteiger partial charge is 0.212 e. The molecule has 0 spiro atoms. The van der Waals surface area contributed by atoms with Crippen LogP contribution in [0.3, 0.4) is 0 Å². The number of rotatable bonds is 7. The van der Waals surface area contributed by atoms with E-state index in [4.69, 9.17) is 9.84 Å². The number of hydrogen-bond donors (Lipinski definition) is 1. The third-order valence-electron chi connectivity index (χ3n) is 4.54. The van der Waals surface area contributed by atoms with Gasteiger partial charge >= 0.3 is 0 Å². The molecule has 0 amide bonds. The molecule has 1 aromatic heterocycles. The molecule has 189 valence electrons. The van der Waals surface area contributed by atoms with E-state index in [9.17, 15) is 0 Å². The average Bonchev–Trinajstić information content (AvgIpc) is 3.05. The normalized spacial score (nSPS) is 11.5. The fourth-order valence-corrected chi connectivity index (χ4v) is 3.31. The van der Waals surface area contributed by atoms with E-state index >= 15 is 0 Å². The summed E-state index contributed by atoms with van der Waals surface area (Å²) in [5, 5.41) is 7.91. The van der Waals surface area contributed by atoms with Crippen molar-refractivity contribution in [2.75, 3.05) is 7.05 Å². The zero-order chi connectivity index (χ0) is 17.9. The van der Waals surface area contributed by atoms with Crippen LogP contribution in [0.5, 0.6) is 5.88 Å². The summed E-state index contributed by atoms with van der Waals surface area (Å²) >= 11 is 0. The average molecular weight is 528 g/mol. The molecular weight excluding hydrogens is 471 g/mol. The van der Waals surface area contributed by atoms with E-state index in [1.54, 1.807) is 0 Å². The second-order valence-corrected chi connectivity index (χ2v) is 6.46. The first-order valence-electron chi connectivity index (χ1n) is 9.73. The zero-order valence-corrected chi connectivity index (χ0v) is 20.4. The van der Waals surface area contributed by atoms with Crippen LogP contribution in [0.1, 0.15) is 94.3 Å². The summed E-state index contributed by atoms with van der Waals surface area (Å²) < 4.78 is 8.14. The van der Waals surface area contributed by atoms with Gasteiger partial charge in [-0.2, -0.15) is 5.10 Å². The maximum Gasteiger partial charge on any atom is 0.212 e. The predicted octanol–water partition coefficient (Wildman–Crippen LogP) is 8.42. The summed E-state index contributed by atoms with van der Waals surface area (Å²) in [6.45, 7) is 6.35. The quantitative estimate of drug-likeness (QED) is 0.367. The van der Waals surface area contributed by atoms with Crippen LogP contribution in [0.25, 0.3) is 0 Å². The Morgan fingerprint density at radius 3 is 2.06 bits per heavy atom. The Hall–Kier alpha value is -0.706. The summed E-state index contributed by atoms with van der Waals surface area (Å²) in [6.07, 6.45) is 6.74. The second kappa shape index (κ2) is 26.5. The predicted molar refractivity (Wildman–Crippen MR) is 144 cm³/mol. The molecule has 4 nitrogen and oxygen atoms in total. The van der Waals surface area contributed by atoms with Gasteiger partial charge in [0.1, 0.15) is 6.61 Å². The van der Waals surface area contributed by atoms with E-state index in [-0.39, 0.29) is 77.3 Å². The van der Waals surface area contributed by atoms with E-state index in [2.05, 4.69) is 28.2 Å². The molecule has 1 aliphatic carbocycles. The van der Waals surface area contributed by atoms with Crippen molar-refractivity contribution in [2.45, 2.75) is 103 Å². The van der Waals surface area contributed by atoms with Crippen LogP contribution in [-0.2, 0) is 52.4 Å². The van der Waals surface area contributed by atoms with Crippen molar-refractivity contribution in [3.63, 3.8) is 0 Å². The Labute approximate surface area is 228 Å². The molecule has 0 saturated heterocycles. The topological polar surface area (TPSA) is 39.1 Å². The molecule has 0 unspecified atom stereocenters. The van der Waals surface area contributed by atoms with Crippen molar-refractivity contribution in [2.24, 2.45) is 5.92 Å². The van der Waals surface area contributed by atoms with Crippen LogP contribution in [-0.4, -0.2) is 16.8 Å². The number of nitrogens with one attached hydrogen (secondary N) is 1. The molecule has 1 N–H and O–H groups in total. The van der Waals surface area contributed by atoms with Crippen molar-refractivity contribution in [1.29, 1.82) is 0 Å². The van der Waals surface area contributed by atoms with Crippen LogP contribution >= 0.6 is 0 Å². The molecule has 1 aliphatic rings. The van der Waals surface area contributed by atoms with Crippen LogP contribution in [0.15, 0.2) is 36.4 Å². The summed E-state index contributed by atoms with van der Waals surface area (Å²) in [4.78, 5) is 0. The van der Waals surface area contributed by atoms with Crippen LogP contribution in [0.2, 0.25) is 0 Å². The van der Waals surface area contributed by atoms with Gasteiger partial charge in [-0.05, 0) is 31.4 Å². The van der Waals surface area contributed by atoms with Gasteiger partial charge in [0.15, 0.2) is 0 Å². The first kappa shape index (κ1) is 44.9. The monoisotopic (exact) mass is 527 g/mol. The summed E-state index contributed by atoms with van der Waals surface area (Å²) in [5.41, 5.74) is 2.24. The summed E-state index contributed by atoms with van der Waals surface area (Å²) in [5.74, 6) is 1.63. The van der Waals surface area contributed by atoms with Gasteiger partial charge in [-0.3, -0.25) is 0 Å².